The minimum Gasteiger partial charge on any atom is -0.492 e. The predicted octanol–water partition coefficient (Wildman–Crippen LogP) is 1.97. The zero-order valence-corrected chi connectivity index (χ0v) is 14.9. The fraction of sp³-hybridized carbons (Fsp3) is 0.350. The highest BCUT2D eigenvalue weighted by atomic mass is 16.5. The number of likely N-dealkylation sites (tertiary alicyclic amines) is 1. The molecule has 6 nitrogen and oxygen atoms in total. The Hall–Kier alpha value is -2.89. The third-order valence-electron chi connectivity index (χ3n) is 4.50. The van der Waals surface area contributed by atoms with Gasteiger partial charge in [-0.15, -0.1) is 0 Å². The van der Waals surface area contributed by atoms with Gasteiger partial charge in [-0.2, -0.15) is 0 Å². The van der Waals surface area contributed by atoms with Crippen molar-refractivity contribution in [2.75, 3.05) is 26.7 Å². The maximum absolute atomic E-state index is 12.6. The summed E-state index contributed by atoms with van der Waals surface area (Å²) in [6, 6.07) is 13.3. The fourth-order valence-corrected chi connectivity index (χ4v) is 3.04. The van der Waals surface area contributed by atoms with Crippen molar-refractivity contribution >= 4 is 11.8 Å². The smallest absolute Gasteiger partial charge is 0.227 e. The number of likely N-dealkylation sites (N-methyl/N-ethyl adjacent to an activating group) is 1. The van der Waals surface area contributed by atoms with Crippen LogP contribution in [0.5, 0.6) is 5.75 Å². The number of rotatable bonds is 7. The monoisotopic (exact) mass is 353 g/mol. The van der Waals surface area contributed by atoms with Crippen LogP contribution >= 0.6 is 0 Å². The molecule has 0 N–H and O–H groups in total. The molecule has 0 radical (unpaired) electrons. The number of carbonyl (C=O) groups excluding carboxylic acids is 2. The van der Waals surface area contributed by atoms with Crippen LogP contribution in [0.2, 0.25) is 0 Å². The first-order chi connectivity index (χ1) is 12.6. The van der Waals surface area contributed by atoms with E-state index in [4.69, 9.17) is 4.74 Å². The molecule has 6 heteroatoms. The lowest BCUT2D eigenvalue weighted by atomic mass is 10.1. The molecular weight excluding hydrogens is 330 g/mol. The Morgan fingerprint density at radius 3 is 2.69 bits per heavy atom. The molecule has 1 aliphatic rings. The summed E-state index contributed by atoms with van der Waals surface area (Å²) in [5, 5.41) is 0. The van der Waals surface area contributed by atoms with Crippen molar-refractivity contribution in [3.05, 3.63) is 60.4 Å². The summed E-state index contributed by atoms with van der Waals surface area (Å²) in [4.78, 5) is 32.2. The lowest BCUT2D eigenvalue weighted by molar-refractivity contribution is -0.134. The molecule has 1 aromatic carbocycles. The molecule has 1 atom stereocenters. The molecule has 3 rings (SSSR count). The normalized spacial score (nSPS) is 16.6. The molecule has 2 aromatic rings. The summed E-state index contributed by atoms with van der Waals surface area (Å²) < 4.78 is 5.63. The molecule has 0 bridgehead atoms. The van der Waals surface area contributed by atoms with Crippen molar-refractivity contribution < 1.29 is 14.3 Å². The van der Waals surface area contributed by atoms with Gasteiger partial charge in [-0.05, 0) is 29.8 Å². The zero-order valence-electron chi connectivity index (χ0n) is 14.9. The summed E-state index contributed by atoms with van der Waals surface area (Å²) in [7, 11) is 1.76. The molecule has 2 amide bonds. The number of carbonyl (C=O) groups is 2. The number of pyridine rings is 1. The Balaban J connectivity index is 1.47. The lowest BCUT2D eigenvalue weighted by Crippen LogP contribution is -2.37. The van der Waals surface area contributed by atoms with E-state index < -0.39 is 0 Å². The van der Waals surface area contributed by atoms with Gasteiger partial charge in [-0.1, -0.05) is 18.2 Å². The highest BCUT2D eigenvalue weighted by molar-refractivity contribution is 5.89. The molecule has 2 heterocycles. The molecule has 0 aliphatic carbocycles. The number of amides is 2. The first-order valence-corrected chi connectivity index (χ1v) is 8.73. The van der Waals surface area contributed by atoms with Crippen molar-refractivity contribution in [2.24, 2.45) is 5.92 Å². The van der Waals surface area contributed by atoms with Crippen LogP contribution in [0.4, 0.5) is 0 Å². The van der Waals surface area contributed by atoms with E-state index in [1.54, 1.807) is 29.2 Å². The van der Waals surface area contributed by atoms with Gasteiger partial charge in [0.25, 0.3) is 0 Å². The number of nitrogens with zero attached hydrogens (tertiary/aromatic N) is 3. The van der Waals surface area contributed by atoms with Crippen LogP contribution in [0.15, 0.2) is 54.9 Å². The Morgan fingerprint density at radius 1 is 1.23 bits per heavy atom. The second-order valence-corrected chi connectivity index (χ2v) is 6.45. The minimum atomic E-state index is -0.286. The second-order valence-electron chi connectivity index (χ2n) is 6.45. The maximum Gasteiger partial charge on any atom is 0.227 e. The third kappa shape index (κ3) is 4.59. The van der Waals surface area contributed by atoms with Crippen molar-refractivity contribution in [3.63, 3.8) is 0 Å². The first-order valence-electron chi connectivity index (χ1n) is 8.73. The van der Waals surface area contributed by atoms with E-state index in [0.717, 1.165) is 11.3 Å². The molecule has 1 aliphatic heterocycles. The van der Waals surface area contributed by atoms with E-state index in [0.29, 0.717) is 26.2 Å². The van der Waals surface area contributed by atoms with Gasteiger partial charge < -0.3 is 14.5 Å². The van der Waals surface area contributed by atoms with Crippen LogP contribution in [-0.2, 0) is 16.1 Å². The highest BCUT2D eigenvalue weighted by Crippen LogP contribution is 2.21. The molecule has 136 valence electrons. The Morgan fingerprint density at radius 2 is 1.96 bits per heavy atom. The highest BCUT2D eigenvalue weighted by Gasteiger charge is 2.35. The van der Waals surface area contributed by atoms with Crippen LogP contribution in [-0.4, -0.2) is 53.3 Å². The molecule has 0 unspecified atom stereocenters. The number of hydrogen-bond donors (Lipinski definition) is 0. The molecule has 1 aromatic heterocycles. The van der Waals surface area contributed by atoms with Gasteiger partial charge in [-0.3, -0.25) is 14.6 Å². The van der Waals surface area contributed by atoms with E-state index >= 15 is 0 Å². The first kappa shape index (κ1) is 17.9. The lowest BCUT2D eigenvalue weighted by Gasteiger charge is -2.21. The molecule has 0 saturated carbocycles. The quantitative estimate of drug-likeness (QED) is 0.763. The van der Waals surface area contributed by atoms with Crippen molar-refractivity contribution in [2.45, 2.75) is 13.0 Å². The average molecular weight is 353 g/mol. The summed E-state index contributed by atoms with van der Waals surface area (Å²) in [5.41, 5.74) is 1.02. The number of hydrogen-bond acceptors (Lipinski definition) is 4. The van der Waals surface area contributed by atoms with Gasteiger partial charge in [-0.25, -0.2) is 0 Å². The Kier molecular flexibility index (Phi) is 5.84. The Bertz CT molecular complexity index is 736. The SMILES string of the molecule is CN(CCOc1ccccc1)C(=O)[C@@H]1CC(=O)N(Cc2ccncc2)C1. The van der Waals surface area contributed by atoms with Crippen molar-refractivity contribution in [3.8, 4) is 5.75 Å². The molecule has 1 saturated heterocycles. The van der Waals surface area contributed by atoms with E-state index in [1.165, 1.54) is 0 Å². The van der Waals surface area contributed by atoms with Gasteiger partial charge in [0.2, 0.25) is 11.8 Å². The largest absolute Gasteiger partial charge is 0.492 e. The summed E-state index contributed by atoms with van der Waals surface area (Å²) in [6.45, 7) is 1.90. The van der Waals surface area contributed by atoms with Crippen molar-refractivity contribution in [1.82, 2.24) is 14.8 Å². The molecular formula is C20H23N3O3. The topological polar surface area (TPSA) is 62.7 Å². The van der Waals surface area contributed by atoms with E-state index in [2.05, 4.69) is 4.98 Å². The zero-order chi connectivity index (χ0) is 18.4. The number of para-hydroxylation sites is 1. The predicted molar refractivity (Wildman–Crippen MR) is 97.3 cm³/mol. The van der Waals surface area contributed by atoms with Crippen LogP contribution in [0, 0.1) is 5.92 Å². The number of ether oxygens (including phenoxy) is 1. The van der Waals surface area contributed by atoms with E-state index in [9.17, 15) is 9.59 Å². The van der Waals surface area contributed by atoms with Gasteiger partial charge in [0, 0.05) is 39.0 Å². The summed E-state index contributed by atoms with van der Waals surface area (Å²) >= 11 is 0. The van der Waals surface area contributed by atoms with E-state index in [-0.39, 0.29) is 24.2 Å². The van der Waals surface area contributed by atoms with Gasteiger partial charge in [0.15, 0.2) is 0 Å². The van der Waals surface area contributed by atoms with Gasteiger partial charge in [0.1, 0.15) is 12.4 Å². The van der Waals surface area contributed by atoms with Crippen molar-refractivity contribution in [1.29, 1.82) is 0 Å². The summed E-state index contributed by atoms with van der Waals surface area (Å²) in [6.07, 6.45) is 3.69. The number of benzene rings is 1. The molecule has 1 fully saturated rings. The van der Waals surface area contributed by atoms with Gasteiger partial charge >= 0.3 is 0 Å². The molecule has 0 spiro atoms. The minimum absolute atomic E-state index is 0.00719. The average Bonchev–Trinajstić information content (AvgIpc) is 3.03. The maximum atomic E-state index is 12.6. The van der Waals surface area contributed by atoms with Crippen LogP contribution in [0.3, 0.4) is 0 Å². The van der Waals surface area contributed by atoms with E-state index in [1.807, 2.05) is 42.5 Å². The van der Waals surface area contributed by atoms with Crippen LogP contribution in [0.1, 0.15) is 12.0 Å². The fourth-order valence-electron chi connectivity index (χ4n) is 3.04. The third-order valence-corrected chi connectivity index (χ3v) is 4.50. The standard InChI is InChI=1S/C20H23N3O3/c1-22(11-12-26-18-5-3-2-4-6-18)20(25)17-13-19(24)23(15-17)14-16-7-9-21-10-8-16/h2-10,17H,11-15H2,1H3/t17-/m1/s1. The Labute approximate surface area is 153 Å². The van der Waals surface area contributed by atoms with Gasteiger partial charge in [0.05, 0.1) is 12.5 Å². The second kappa shape index (κ2) is 8.47. The molecule has 26 heavy (non-hydrogen) atoms. The van der Waals surface area contributed by atoms with Crippen LogP contribution < -0.4 is 4.74 Å². The van der Waals surface area contributed by atoms with Crippen LogP contribution in [0.25, 0.3) is 0 Å². The summed E-state index contributed by atoms with van der Waals surface area (Å²) in [5.74, 6) is 0.514. The number of aromatic nitrogens is 1.